The zero-order valence-corrected chi connectivity index (χ0v) is 15.6. The van der Waals surface area contributed by atoms with Crippen LogP contribution in [0.1, 0.15) is 35.1 Å². The number of hydrogen-bond acceptors (Lipinski definition) is 4. The van der Waals surface area contributed by atoms with Crippen LogP contribution in [-0.4, -0.2) is 27.9 Å². The minimum atomic E-state index is 0.631. The van der Waals surface area contributed by atoms with Crippen molar-refractivity contribution in [2.24, 2.45) is 0 Å². The monoisotopic (exact) mass is 351 g/mol. The lowest BCUT2D eigenvalue weighted by Crippen LogP contribution is -2.00. The molecule has 0 atom stereocenters. The second kappa shape index (κ2) is 6.94. The number of fused-ring (bicyclic) bond motifs is 3. The molecule has 4 rings (SSSR count). The van der Waals surface area contributed by atoms with E-state index in [-0.39, 0.29) is 0 Å². The zero-order chi connectivity index (χ0) is 18.1. The van der Waals surface area contributed by atoms with E-state index in [4.69, 9.17) is 14.2 Å². The van der Waals surface area contributed by atoms with E-state index >= 15 is 0 Å². The molecule has 2 aromatic carbocycles. The first kappa shape index (κ1) is 16.8. The van der Waals surface area contributed by atoms with Crippen LogP contribution < -0.4 is 19.5 Å². The van der Waals surface area contributed by atoms with E-state index in [9.17, 15) is 0 Å². The first-order valence-corrected chi connectivity index (χ1v) is 9.16. The third-order valence-electron chi connectivity index (χ3n) is 5.37. The van der Waals surface area contributed by atoms with Crippen LogP contribution in [0.3, 0.4) is 0 Å². The van der Waals surface area contributed by atoms with Gasteiger partial charge >= 0.3 is 0 Å². The highest BCUT2D eigenvalue weighted by atomic mass is 16.5. The van der Waals surface area contributed by atoms with Crippen molar-refractivity contribution in [1.29, 1.82) is 0 Å². The van der Waals surface area contributed by atoms with Gasteiger partial charge < -0.3 is 19.5 Å². The van der Waals surface area contributed by atoms with E-state index in [1.165, 1.54) is 34.4 Å². The molecule has 4 heteroatoms. The highest BCUT2D eigenvalue weighted by Gasteiger charge is 2.23. The normalized spacial score (nSPS) is 15.3. The maximum atomic E-state index is 5.56. The van der Waals surface area contributed by atoms with Crippen LogP contribution in [0, 0.1) is 0 Å². The van der Waals surface area contributed by atoms with Gasteiger partial charge in [0.15, 0.2) is 11.5 Å². The third kappa shape index (κ3) is 2.70. The lowest BCUT2D eigenvalue weighted by molar-refractivity contribution is 0.324. The summed E-state index contributed by atoms with van der Waals surface area (Å²) >= 11 is 0. The van der Waals surface area contributed by atoms with Gasteiger partial charge in [0.05, 0.1) is 21.3 Å². The Morgan fingerprint density at radius 1 is 0.885 bits per heavy atom. The minimum Gasteiger partial charge on any atom is -0.493 e. The minimum absolute atomic E-state index is 0.631. The Morgan fingerprint density at radius 2 is 1.65 bits per heavy atom. The fraction of sp³-hybridized carbons (Fsp3) is 0.364. The fourth-order valence-corrected chi connectivity index (χ4v) is 4.15. The van der Waals surface area contributed by atoms with Crippen molar-refractivity contribution in [3.8, 4) is 17.2 Å². The van der Waals surface area contributed by atoms with E-state index in [2.05, 4.69) is 23.5 Å². The Labute approximate surface area is 154 Å². The summed E-state index contributed by atoms with van der Waals surface area (Å²) in [6.45, 7) is 1.04. The molecule has 0 spiro atoms. The number of allylic oxidation sites excluding steroid dienone is 1. The van der Waals surface area contributed by atoms with Gasteiger partial charge in [-0.2, -0.15) is 0 Å². The molecule has 2 aliphatic rings. The SMILES string of the molecule is COc1cc(C2=CCCCc3c2ccc2c3CCN2)cc(OC)c1OC. The number of rotatable bonds is 4. The average molecular weight is 351 g/mol. The first-order valence-electron chi connectivity index (χ1n) is 9.16. The van der Waals surface area contributed by atoms with Crippen molar-refractivity contribution in [3.05, 3.63) is 52.6 Å². The van der Waals surface area contributed by atoms with Crippen LogP contribution >= 0.6 is 0 Å². The zero-order valence-electron chi connectivity index (χ0n) is 15.6. The number of benzene rings is 2. The molecular weight excluding hydrogens is 326 g/mol. The topological polar surface area (TPSA) is 39.7 Å². The average Bonchev–Trinajstić information content (AvgIpc) is 3.06. The molecule has 0 radical (unpaired) electrons. The van der Waals surface area contributed by atoms with E-state index in [0.717, 1.165) is 31.4 Å². The summed E-state index contributed by atoms with van der Waals surface area (Å²) in [5, 5.41) is 3.50. The van der Waals surface area contributed by atoms with Gasteiger partial charge in [-0.1, -0.05) is 12.1 Å². The number of ether oxygens (including phenoxy) is 3. The second-order valence-electron chi connectivity index (χ2n) is 6.72. The Kier molecular flexibility index (Phi) is 4.49. The lowest BCUT2D eigenvalue weighted by atomic mass is 9.89. The van der Waals surface area contributed by atoms with E-state index in [0.29, 0.717) is 17.2 Å². The van der Waals surface area contributed by atoms with Gasteiger partial charge in [0.1, 0.15) is 0 Å². The van der Waals surface area contributed by atoms with Crippen molar-refractivity contribution >= 4 is 11.3 Å². The van der Waals surface area contributed by atoms with E-state index in [1.54, 1.807) is 21.3 Å². The molecule has 136 valence electrons. The molecule has 2 aromatic rings. The molecule has 0 bridgehead atoms. The Balaban J connectivity index is 1.88. The van der Waals surface area contributed by atoms with Gasteiger partial charge in [0.2, 0.25) is 5.75 Å². The maximum absolute atomic E-state index is 5.56. The summed E-state index contributed by atoms with van der Waals surface area (Å²) in [5.74, 6) is 2.01. The van der Waals surface area contributed by atoms with Gasteiger partial charge in [0, 0.05) is 12.2 Å². The van der Waals surface area contributed by atoms with Crippen molar-refractivity contribution in [2.45, 2.75) is 25.7 Å². The molecule has 26 heavy (non-hydrogen) atoms. The van der Waals surface area contributed by atoms with Crippen LogP contribution in [0.25, 0.3) is 5.57 Å². The molecular formula is C22H25NO3. The lowest BCUT2D eigenvalue weighted by Gasteiger charge is -2.18. The molecule has 1 aliphatic heterocycles. The third-order valence-corrected chi connectivity index (χ3v) is 5.37. The molecule has 1 aliphatic carbocycles. The number of hydrogen-bond donors (Lipinski definition) is 1. The van der Waals surface area contributed by atoms with Crippen molar-refractivity contribution in [3.63, 3.8) is 0 Å². The van der Waals surface area contributed by atoms with Gasteiger partial charge in [-0.15, -0.1) is 0 Å². The van der Waals surface area contributed by atoms with E-state index in [1.807, 2.05) is 12.1 Å². The van der Waals surface area contributed by atoms with Gasteiger partial charge in [0.25, 0.3) is 0 Å². The highest BCUT2D eigenvalue weighted by Crippen LogP contribution is 2.43. The van der Waals surface area contributed by atoms with Gasteiger partial charge in [-0.3, -0.25) is 0 Å². The standard InChI is InChI=1S/C22H25NO3/c1-24-20-12-14(13-21(25-2)22(20)26-3)15-6-4-5-7-16-17(15)8-9-19-18(16)10-11-23-19/h6,8-9,12-13,23H,4-5,7,10-11H2,1-3H3. The molecule has 0 fully saturated rings. The largest absolute Gasteiger partial charge is 0.493 e. The van der Waals surface area contributed by atoms with Crippen molar-refractivity contribution in [1.82, 2.24) is 0 Å². The Morgan fingerprint density at radius 3 is 2.35 bits per heavy atom. The van der Waals surface area contributed by atoms with Crippen LogP contribution in [0.2, 0.25) is 0 Å². The highest BCUT2D eigenvalue weighted by molar-refractivity contribution is 5.85. The van der Waals surface area contributed by atoms with Crippen LogP contribution in [0.5, 0.6) is 17.2 Å². The van der Waals surface area contributed by atoms with Gasteiger partial charge in [-0.05, 0) is 71.7 Å². The predicted octanol–water partition coefficient (Wildman–Crippen LogP) is 4.45. The number of nitrogens with one attached hydrogen (secondary N) is 1. The summed E-state index contributed by atoms with van der Waals surface area (Å²) in [7, 11) is 4.96. The van der Waals surface area contributed by atoms with Gasteiger partial charge in [-0.25, -0.2) is 0 Å². The maximum Gasteiger partial charge on any atom is 0.203 e. The van der Waals surface area contributed by atoms with Crippen molar-refractivity contribution in [2.75, 3.05) is 33.2 Å². The summed E-state index contributed by atoms with van der Waals surface area (Å²) in [6.07, 6.45) is 6.84. The summed E-state index contributed by atoms with van der Waals surface area (Å²) in [5.41, 5.74) is 7.97. The van der Waals surface area contributed by atoms with Crippen LogP contribution in [-0.2, 0) is 12.8 Å². The predicted molar refractivity (Wildman–Crippen MR) is 105 cm³/mol. The molecule has 0 amide bonds. The molecule has 0 unspecified atom stereocenters. The molecule has 4 nitrogen and oxygen atoms in total. The molecule has 1 heterocycles. The summed E-state index contributed by atoms with van der Waals surface area (Å²) in [4.78, 5) is 0. The number of methoxy groups -OCH3 is 3. The van der Waals surface area contributed by atoms with Crippen LogP contribution in [0.4, 0.5) is 5.69 Å². The van der Waals surface area contributed by atoms with Crippen molar-refractivity contribution < 1.29 is 14.2 Å². The smallest absolute Gasteiger partial charge is 0.203 e. The molecule has 1 N–H and O–H groups in total. The Hall–Kier alpha value is -2.62. The van der Waals surface area contributed by atoms with E-state index < -0.39 is 0 Å². The summed E-state index contributed by atoms with van der Waals surface area (Å²) < 4.78 is 16.6. The second-order valence-corrected chi connectivity index (χ2v) is 6.72. The summed E-state index contributed by atoms with van der Waals surface area (Å²) in [6, 6.07) is 8.58. The first-order chi connectivity index (χ1) is 12.8. The molecule has 0 aromatic heterocycles. The Bertz CT molecular complexity index is 845. The quantitative estimate of drug-likeness (QED) is 0.883. The molecule has 0 saturated heterocycles. The molecule has 0 saturated carbocycles. The number of anilines is 1. The van der Waals surface area contributed by atoms with Crippen LogP contribution in [0.15, 0.2) is 30.3 Å². The fourth-order valence-electron chi connectivity index (χ4n) is 4.15.